The fourth-order valence-corrected chi connectivity index (χ4v) is 2.95. The van der Waals surface area contributed by atoms with E-state index < -0.39 is 18.4 Å². The van der Waals surface area contributed by atoms with Gasteiger partial charge in [-0.15, -0.1) is 0 Å². The molecule has 1 aromatic carbocycles. The van der Waals surface area contributed by atoms with Gasteiger partial charge >= 0.3 is 6.18 Å². The minimum absolute atomic E-state index is 0.139. The number of rotatable bonds is 10. The number of nitrogens with zero attached hydrogens (tertiary/aromatic N) is 4. The fraction of sp³-hybridized carbons (Fsp3) is 0.409. The first-order valence-electron chi connectivity index (χ1n) is 10.4. The van der Waals surface area contributed by atoms with Crippen molar-refractivity contribution in [3.05, 3.63) is 48.2 Å². The lowest BCUT2D eigenvalue weighted by molar-refractivity contribution is -0.176. The average Bonchev–Trinajstić information content (AvgIpc) is 3.16. The second-order valence-corrected chi connectivity index (χ2v) is 8.28. The number of aryl methyl sites for hydroxylation is 1. The van der Waals surface area contributed by atoms with Crippen LogP contribution in [0.2, 0.25) is 0 Å². The molecule has 0 spiro atoms. The van der Waals surface area contributed by atoms with E-state index in [1.54, 1.807) is 39.4 Å². The van der Waals surface area contributed by atoms with Gasteiger partial charge in [0.05, 0.1) is 42.7 Å². The Morgan fingerprint density at radius 1 is 1.15 bits per heavy atom. The molecule has 0 atom stereocenters. The predicted molar refractivity (Wildman–Crippen MR) is 121 cm³/mol. The van der Waals surface area contributed by atoms with Gasteiger partial charge in [-0.05, 0) is 32.9 Å². The Morgan fingerprint density at radius 3 is 2.53 bits per heavy atom. The first-order valence-corrected chi connectivity index (χ1v) is 10.4. The fourth-order valence-electron chi connectivity index (χ4n) is 2.95. The third kappa shape index (κ3) is 7.59. The van der Waals surface area contributed by atoms with Crippen LogP contribution >= 0.6 is 0 Å². The van der Waals surface area contributed by atoms with Crippen molar-refractivity contribution in [2.24, 2.45) is 0 Å². The Morgan fingerprint density at radius 2 is 1.91 bits per heavy atom. The van der Waals surface area contributed by atoms with E-state index in [1.807, 2.05) is 23.8 Å². The largest absolute Gasteiger partial charge is 0.494 e. The van der Waals surface area contributed by atoms with Gasteiger partial charge in [0, 0.05) is 30.6 Å². The first kappa shape index (κ1) is 25.2. The number of anilines is 3. The summed E-state index contributed by atoms with van der Waals surface area (Å²) in [6.07, 6.45) is -0.907. The van der Waals surface area contributed by atoms with Gasteiger partial charge in [0.2, 0.25) is 5.95 Å². The molecular formula is C22H27F3N6O3. The molecular weight excluding hydrogens is 453 g/mol. The number of nitrogens with one attached hydrogen (secondary N) is 2. The number of ether oxygens (including phenoxy) is 2. The standard InChI is InChI=1S/C22H27F3N6O3/c1-14-9-31(13-27-14)17-6-5-15(7-18(17)33-4)28-20-29-16(10-34-12-22(23,24)25)8-19(30-20)26-11-21(2,3)32/h5-9,13,32H,10-12H2,1-4H3,(H2,26,28,29,30). The lowest BCUT2D eigenvalue weighted by atomic mass is 10.1. The summed E-state index contributed by atoms with van der Waals surface area (Å²) in [4.78, 5) is 12.8. The van der Waals surface area contributed by atoms with E-state index in [2.05, 4.69) is 25.6 Å². The molecule has 0 aliphatic rings. The molecule has 0 amide bonds. The first-order chi connectivity index (χ1) is 15.9. The van der Waals surface area contributed by atoms with Crippen molar-refractivity contribution in [2.75, 3.05) is 30.9 Å². The van der Waals surface area contributed by atoms with Gasteiger partial charge in [-0.2, -0.15) is 18.2 Å². The van der Waals surface area contributed by atoms with Gasteiger partial charge in [-0.25, -0.2) is 9.97 Å². The molecule has 0 bridgehead atoms. The summed E-state index contributed by atoms with van der Waals surface area (Å²) in [5.74, 6) is 1.02. The summed E-state index contributed by atoms with van der Waals surface area (Å²) in [5.41, 5.74) is 1.43. The van der Waals surface area contributed by atoms with Crippen molar-refractivity contribution in [1.29, 1.82) is 0 Å². The van der Waals surface area contributed by atoms with Gasteiger partial charge in [0.25, 0.3) is 0 Å². The van der Waals surface area contributed by atoms with Crippen LogP contribution in [0, 0.1) is 6.92 Å². The molecule has 2 aromatic heterocycles. The number of hydrogen-bond acceptors (Lipinski definition) is 8. The van der Waals surface area contributed by atoms with Gasteiger partial charge in [0.1, 0.15) is 18.2 Å². The van der Waals surface area contributed by atoms with Crippen molar-refractivity contribution in [3.8, 4) is 11.4 Å². The highest BCUT2D eigenvalue weighted by atomic mass is 19.4. The summed E-state index contributed by atoms with van der Waals surface area (Å²) < 4.78 is 49.4. The molecule has 0 saturated heterocycles. The molecule has 0 unspecified atom stereocenters. The van der Waals surface area contributed by atoms with Gasteiger partial charge in [-0.1, -0.05) is 0 Å². The van der Waals surface area contributed by atoms with Crippen LogP contribution in [0.3, 0.4) is 0 Å². The number of aromatic nitrogens is 4. The summed E-state index contributed by atoms with van der Waals surface area (Å²) in [6, 6.07) is 6.82. The van der Waals surface area contributed by atoms with Crippen LogP contribution in [-0.2, 0) is 11.3 Å². The SMILES string of the molecule is COc1cc(Nc2nc(COCC(F)(F)F)cc(NCC(C)(C)O)n2)ccc1-n1cnc(C)c1. The highest BCUT2D eigenvalue weighted by Gasteiger charge is 2.27. The monoisotopic (exact) mass is 480 g/mol. The molecule has 3 aromatic rings. The Balaban J connectivity index is 1.84. The van der Waals surface area contributed by atoms with Crippen LogP contribution in [0.1, 0.15) is 25.2 Å². The Hall–Kier alpha value is -3.38. The minimum atomic E-state index is -4.44. The van der Waals surface area contributed by atoms with Gasteiger partial charge < -0.3 is 29.8 Å². The van der Waals surface area contributed by atoms with E-state index >= 15 is 0 Å². The zero-order valence-electron chi connectivity index (χ0n) is 19.3. The molecule has 0 fully saturated rings. The molecule has 3 rings (SSSR count). The van der Waals surface area contributed by atoms with Crippen molar-refractivity contribution < 1.29 is 27.8 Å². The second kappa shape index (κ2) is 10.3. The van der Waals surface area contributed by atoms with E-state index in [0.29, 0.717) is 17.3 Å². The highest BCUT2D eigenvalue weighted by Crippen LogP contribution is 2.28. The number of aliphatic hydroxyl groups is 1. The maximum atomic E-state index is 12.5. The van der Waals surface area contributed by atoms with Crippen molar-refractivity contribution in [1.82, 2.24) is 19.5 Å². The lowest BCUT2D eigenvalue weighted by Crippen LogP contribution is -2.29. The number of benzene rings is 1. The van der Waals surface area contributed by atoms with Crippen LogP contribution in [-0.4, -0.2) is 56.7 Å². The summed E-state index contributed by atoms with van der Waals surface area (Å²) in [6.45, 7) is 3.52. The third-order valence-electron chi connectivity index (χ3n) is 4.42. The van der Waals surface area contributed by atoms with E-state index in [0.717, 1.165) is 11.4 Å². The molecule has 9 nitrogen and oxygen atoms in total. The van der Waals surface area contributed by atoms with Crippen LogP contribution < -0.4 is 15.4 Å². The molecule has 34 heavy (non-hydrogen) atoms. The molecule has 184 valence electrons. The topological polar surface area (TPSA) is 106 Å². The normalized spacial score (nSPS) is 12.0. The maximum absolute atomic E-state index is 12.5. The summed E-state index contributed by atoms with van der Waals surface area (Å²) >= 11 is 0. The molecule has 3 N–H and O–H groups in total. The molecule has 0 aliphatic heterocycles. The zero-order valence-corrected chi connectivity index (χ0v) is 19.3. The number of alkyl halides is 3. The number of methoxy groups -OCH3 is 1. The smallest absolute Gasteiger partial charge is 0.411 e. The maximum Gasteiger partial charge on any atom is 0.411 e. The minimum Gasteiger partial charge on any atom is -0.494 e. The lowest BCUT2D eigenvalue weighted by Gasteiger charge is -2.19. The quantitative estimate of drug-likeness (QED) is 0.400. The summed E-state index contributed by atoms with van der Waals surface area (Å²) in [5, 5.41) is 16.0. The van der Waals surface area contributed by atoms with E-state index in [4.69, 9.17) is 9.47 Å². The molecule has 0 radical (unpaired) electrons. The number of imidazole rings is 1. The van der Waals surface area contributed by atoms with Gasteiger partial charge in [-0.3, -0.25) is 0 Å². The Kier molecular flexibility index (Phi) is 7.62. The van der Waals surface area contributed by atoms with Crippen LogP contribution in [0.5, 0.6) is 5.75 Å². The van der Waals surface area contributed by atoms with Crippen molar-refractivity contribution in [3.63, 3.8) is 0 Å². The van der Waals surface area contributed by atoms with E-state index in [1.165, 1.54) is 6.07 Å². The van der Waals surface area contributed by atoms with Crippen molar-refractivity contribution >= 4 is 17.5 Å². The van der Waals surface area contributed by atoms with Crippen LogP contribution in [0.4, 0.5) is 30.6 Å². The molecule has 0 saturated carbocycles. The number of hydrogen-bond donors (Lipinski definition) is 3. The molecule has 2 heterocycles. The van der Waals surface area contributed by atoms with E-state index in [-0.39, 0.29) is 24.8 Å². The molecule has 0 aliphatic carbocycles. The van der Waals surface area contributed by atoms with Crippen LogP contribution in [0.25, 0.3) is 5.69 Å². The predicted octanol–water partition coefficient (Wildman–Crippen LogP) is 3.98. The van der Waals surface area contributed by atoms with E-state index in [9.17, 15) is 18.3 Å². The zero-order chi connectivity index (χ0) is 24.9. The average molecular weight is 480 g/mol. The Bertz CT molecular complexity index is 1110. The second-order valence-electron chi connectivity index (χ2n) is 8.28. The molecule has 12 heteroatoms. The summed E-state index contributed by atoms with van der Waals surface area (Å²) in [7, 11) is 1.54. The third-order valence-corrected chi connectivity index (χ3v) is 4.42. The van der Waals surface area contributed by atoms with Gasteiger partial charge in [0.15, 0.2) is 0 Å². The van der Waals surface area contributed by atoms with Crippen LogP contribution in [0.15, 0.2) is 36.8 Å². The van der Waals surface area contributed by atoms with Crippen molar-refractivity contribution in [2.45, 2.75) is 39.2 Å². The number of halogens is 3. The Labute approximate surface area is 195 Å². The highest BCUT2D eigenvalue weighted by molar-refractivity contribution is 5.62.